The molecule has 222 valence electrons. The minimum absolute atomic E-state index is 0.00232. The van der Waals surface area contributed by atoms with Crippen LogP contribution in [0.4, 0.5) is 28.9 Å². The zero-order chi connectivity index (χ0) is 34.5. The lowest BCUT2D eigenvalue weighted by molar-refractivity contribution is -0.138. The highest BCUT2D eigenvalue weighted by Crippen LogP contribution is 2.40. The summed E-state index contributed by atoms with van der Waals surface area (Å²) in [6.45, 7) is 3.01. The Hall–Kier alpha value is -3.88. The van der Waals surface area contributed by atoms with Gasteiger partial charge in [-0.3, -0.25) is 9.59 Å². The van der Waals surface area contributed by atoms with E-state index in [1.165, 1.54) is 36.9 Å². The largest absolute Gasteiger partial charge is 0.416 e. The van der Waals surface area contributed by atoms with Crippen LogP contribution < -0.4 is 10.6 Å². The van der Waals surface area contributed by atoms with E-state index >= 15 is 4.39 Å². The van der Waals surface area contributed by atoms with Crippen LogP contribution in [0.15, 0.2) is 60.6 Å². The average molecular weight is 587 g/mol. The SMILES string of the molecule is [2H]c1cc(C)c(C(=O)N2CCC[C@H](C(=O)Nc3ccc(C)c(C(F)(F)F)c3)[C@@H]2c2ccc(NC3CC([2H])([2H])C([2H])([2H])C3)cc2)c(F)c1. The number of likely N-dealkylation sites (tertiary alicyclic amines) is 1. The number of hydrogen-bond donors (Lipinski definition) is 2. The predicted octanol–water partition coefficient (Wildman–Crippen LogP) is 8.05. The minimum Gasteiger partial charge on any atom is -0.382 e. The van der Waals surface area contributed by atoms with Gasteiger partial charge in [-0.05, 0) is 86.6 Å². The summed E-state index contributed by atoms with van der Waals surface area (Å²) in [5, 5.41) is 5.75. The molecule has 1 aliphatic carbocycles. The molecule has 0 unspecified atom stereocenters. The second-order valence-electron chi connectivity index (χ2n) is 10.8. The molecule has 3 aromatic carbocycles. The van der Waals surface area contributed by atoms with E-state index in [-0.39, 0.29) is 54.2 Å². The van der Waals surface area contributed by atoms with Gasteiger partial charge in [-0.25, -0.2) is 4.39 Å². The molecule has 2 fully saturated rings. The number of hydrogen-bond acceptors (Lipinski definition) is 3. The van der Waals surface area contributed by atoms with Gasteiger partial charge in [0.05, 0.1) is 24.5 Å². The Kier molecular flexibility index (Phi) is 6.85. The van der Waals surface area contributed by atoms with Crippen molar-refractivity contribution < 1.29 is 34.0 Å². The molecule has 42 heavy (non-hydrogen) atoms. The van der Waals surface area contributed by atoms with Crippen LogP contribution in [0.2, 0.25) is 0 Å². The molecule has 0 aromatic heterocycles. The molecular formula is C33H35F4N3O2. The average Bonchev–Trinajstić information content (AvgIpc) is 3.17. The summed E-state index contributed by atoms with van der Waals surface area (Å²) in [5.41, 5.74) is 0.146. The fourth-order valence-electron chi connectivity index (χ4n) is 5.71. The number of carbonyl (C=O) groups excluding carboxylic acids is 2. The van der Waals surface area contributed by atoms with Gasteiger partial charge < -0.3 is 15.5 Å². The van der Waals surface area contributed by atoms with Crippen molar-refractivity contribution in [1.82, 2.24) is 4.90 Å². The van der Waals surface area contributed by atoms with Crippen LogP contribution in [-0.4, -0.2) is 29.3 Å². The second kappa shape index (κ2) is 12.2. The first-order chi connectivity index (χ1) is 21.9. The van der Waals surface area contributed by atoms with Crippen molar-refractivity contribution in [3.8, 4) is 0 Å². The van der Waals surface area contributed by atoms with Crippen LogP contribution in [0, 0.1) is 25.6 Å². The molecule has 0 spiro atoms. The third-order valence-corrected chi connectivity index (χ3v) is 7.84. The zero-order valence-corrected chi connectivity index (χ0v) is 23.2. The normalized spacial score (nSPS) is 23.7. The molecule has 2 N–H and O–H groups in total. The number of halogens is 4. The number of nitrogens with zero attached hydrogens (tertiary/aromatic N) is 1. The van der Waals surface area contributed by atoms with Gasteiger partial charge in [0.25, 0.3) is 5.91 Å². The Morgan fingerprint density at radius 3 is 2.31 bits per heavy atom. The molecular weight excluding hydrogens is 546 g/mol. The highest BCUT2D eigenvalue weighted by atomic mass is 19.4. The fourth-order valence-corrected chi connectivity index (χ4v) is 5.71. The molecule has 1 saturated heterocycles. The monoisotopic (exact) mass is 586 g/mol. The summed E-state index contributed by atoms with van der Waals surface area (Å²) in [6.07, 6.45) is -8.05. The van der Waals surface area contributed by atoms with Crippen LogP contribution in [-0.2, 0) is 11.0 Å². The molecule has 2 amide bonds. The van der Waals surface area contributed by atoms with Crippen molar-refractivity contribution in [3.63, 3.8) is 0 Å². The lowest BCUT2D eigenvalue weighted by atomic mass is 9.83. The summed E-state index contributed by atoms with van der Waals surface area (Å²) in [7, 11) is 0. The number of alkyl halides is 3. The maximum Gasteiger partial charge on any atom is 0.416 e. The Morgan fingerprint density at radius 1 is 0.952 bits per heavy atom. The summed E-state index contributed by atoms with van der Waals surface area (Å²) in [4.78, 5) is 29.1. The highest BCUT2D eigenvalue weighted by Gasteiger charge is 2.41. The van der Waals surface area contributed by atoms with E-state index in [0.29, 0.717) is 17.7 Å². The summed E-state index contributed by atoms with van der Waals surface area (Å²) >= 11 is 0. The number of anilines is 2. The first kappa shape index (κ1) is 23.7. The van der Waals surface area contributed by atoms with Gasteiger partial charge in [0.2, 0.25) is 5.91 Å². The molecule has 3 aromatic rings. The third kappa shape index (κ3) is 6.30. The van der Waals surface area contributed by atoms with Gasteiger partial charge >= 0.3 is 6.18 Å². The van der Waals surface area contributed by atoms with Gasteiger partial charge in [-0.15, -0.1) is 0 Å². The van der Waals surface area contributed by atoms with Crippen molar-refractivity contribution in [3.05, 3.63) is 94.3 Å². The van der Waals surface area contributed by atoms with Crippen molar-refractivity contribution in [2.75, 3.05) is 17.2 Å². The second-order valence-corrected chi connectivity index (χ2v) is 10.8. The molecule has 1 aliphatic heterocycles. The predicted molar refractivity (Wildman–Crippen MR) is 155 cm³/mol. The van der Waals surface area contributed by atoms with Crippen LogP contribution in [0.3, 0.4) is 0 Å². The third-order valence-electron chi connectivity index (χ3n) is 7.84. The van der Waals surface area contributed by atoms with Crippen LogP contribution in [0.25, 0.3) is 0 Å². The molecule has 9 heteroatoms. The van der Waals surface area contributed by atoms with Crippen molar-refractivity contribution in [2.24, 2.45) is 5.92 Å². The minimum atomic E-state index is -4.63. The highest BCUT2D eigenvalue weighted by molar-refractivity contribution is 5.98. The van der Waals surface area contributed by atoms with E-state index in [1.54, 1.807) is 24.3 Å². The quantitative estimate of drug-likeness (QED) is 0.287. The molecule has 1 saturated carbocycles. The molecule has 0 radical (unpaired) electrons. The Labute approximate surface area is 250 Å². The Bertz CT molecular complexity index is 1640. The maximum absolute atomic E-state index is 15.1. The number of rotatable bonds is 6. The molecule has 0 bridgehead atoms. The van der Waals surface area contributed by atoms with Gasteiger partial charge in [0.15, 0.2) is 0 Å². The number of amides is 2. The number of benzene rings is 3. The topological polar surface area (TPSA) is 61.4 Å². The number of aryl methyl sites for hydroxylation is 2. The fraction of sp³-hybridized carbons (Fsp3) is 0.394. The standard InChI is InChI=1S/C33H35F4N3O2/c1-20-12-15-25(19-27(20)33(35,36)37)39-31(41)26-10-6-18-40(32(42)29-21(2)7-5-11-28(29)34)30(26)22-13-16-24(17-14-22)38-23-8-3-4-9-23/h5,7,11-17,19,23,26,30,38H,3-4,6,8-10,18H2,1-2H3,(H,39,41)/t26-,30-/m0/s1/i3D2,4D2,5D. The van der Waals surface area contributed by atoms with Crippen molar-refractivity contribution in [1.29, 1.82) is 0 Å². The van der Waals surface area contributed by atoms with E-state index in [4.69, 9.17) is 6.85 Å². The van der Waals surface area contributed by atoms with Crippen molar-refractivity contribution >= 4 is 23.2 Å². The smallest absolute Gasteiger partial charge is 0.382 e. The first-order valence-electron chi connectivity index (χ1n) is 16.3. The molecule has 2 aliphatic rings. The van der Waals surface area contributed by atoms with E-state index in [0.717, 1.165) is 12.1 Å². The van der Waals surface area contributed by atoms with E-state index < -0.39 is 60.1 Å². The molecule has 1 heterocycles. The van der Waals surface area contributed by atoms with Gasteiger partial charge in [0.1, 0.15) is 5.82 Å². The summed E-state index contributed by atoms with van der Waals surface area (Å²) in [5.74, 6) is -3.09. The number of carbonyl (C=O) groups is 2. The summed E-state index contributed by atoms with van der Waals surface area (Å²) < 4.78 is 95.7. The molecule has 5 nitrogen and oxygen atoms in total. The Morgan fingerprint density at radius 2 is 1.64 bits per heavy atom. The van der Waals surface area contributed by atoms with E-state index in [1.807, 2.05) is 0 Å². The number of nitrogens with one attached hydrogen (secondary N) is 2. The summed E-state index contributed by atoms with van der Waals surface area (Å²) in [6, 6.07) is 11.0. The van der Waals surface area contributed by atoms with Gasteiger partial charge in [-0.1, -0.05) is 43.1 Å². The molecule has 5 rings (SSSR count). The zero-order valence-electron chi connectivity index (χ0n) is 28.2. The van der Waals surface area contributed by atoms with E-state index in [9.17, 15) is 22.8 Å². The lowest BCUT2D eigenvalue weighted by Gasteiger charge is -2.41. The van der Waals surface area contributed by atoms with E-state index in [2.05, 4.69) is 10.6 Å². The Balaban J connectivity index is 1.48. The maximum atomic E-state index is 15.1. The van der Waals surface area contributed by atoms with Crippen LogP contribution in [0.1, 0.15) is 83.9 Å². The van der Waals surface area contributed by atoms with Crippen LogP contribution >= 0.6 is 0 Å². The number of piperidine rings is 1. The van der Waals surface area contributed by atoms with Crippen LogP contribution in [0.5, 0.6) is 0 Å². The molecule has 2 atom stereocenters. The lowest BCUT2D eigenvalue weighted by Crippen LogP contribution is -2.46. The first-order valence-corrected chi connectivity index (χ1v) is 13.8. The van der Waals surface area contributed by atoms with Gasteiger partial charge in [-0.2, -0.15) is 13.2 Å². The van der Waals surface area contributed by atoms with Gasteiger partial charge in [0, 0.05) is 29.4 Å². The van der Waals surface area contributed by atoms with Crippen molar-refractivity contribution in [2.45, 2.75) is 70.5 Å².